The van der Waals surface area contributed by atoms with Gasteiger partial charge in [0.2, 0.25) is 0 Å². The number of rotatable bonds is 4. The third-order valence-electron chi connectivity index (χ3n) is 2.76. The fraction of sp³-hybridized carbons (Fsp3) is 0.0769. The van der Waals surface area contributed by atoms with Crippen LogP contribution in [0.5, 0.6) is 0 Å². The third-order valence-corrected chi connectivity index (χ3v) is 2.76. The van der Waals surface area contributed by atoms with E-state index in [-0.39, 0.29) is 0 Å². The van der Waals surface area contributed by atoms with Crippen molar-refractivity contribution in [2.75, 3.05) is 7.05 Å². The molecule has 2 rings (SSSR count). The van der Waals surface area contributed by atoms with E-state index in [1.807, 2.05) is 12.1 Å². The molecule has 6 nitrogen and oxygen atoms in total. The summed E-state index contributed by atoms with van der Waals surface area (Å²) in [5.74, 6) is -0.485. The van der Waals surface area contributed by atoms with E-state index in [1.54, 1.807) is 24.3 Å². The number of nitrogens with one attached hydrogen (secondary N) is 1. The summed E-state index contributed by atoms with van der Waals surface area (Å²) in [7, 11) is 1.34. The molecule has 0 spiro atoms. The van der Waals surface area contributed by atoms with Gasteiger partial charge in [-0.05, 0) is 11.5 Å². The van der Waals surface area contributed by atoms with E-state index in [9.17, 15) is 9.59 Å². The van der Waals surface area contributed by atoms with Crippen molar-refractivity contribution in [2.45, 2.75) is 0 Å². The van der Waals surface area contributed by atoms with E-state index in [0.29, 0.717) is 22.8 Å². The molecule has 0 bridgehead atoms. The van der Waals surface area contributed by atoms with Gasteiger partial charge in [0.1, 0.15) is 0 Å². The van der Waals surface area contributed by atoms with Crippen molar-refractivity contribution < 1.29 is 19.7 Å². The van der Waals surface area contributed by atoms with Crippen LogP contribution in [0.25, 0.3) is 10.8 Å². The average molecular weight is 260 g/mol. The average Bonchev–Trinajstić information content (AvgIpc) is 2.45. The summed E-state index contributed by atoms with van der Waals surface area (Å²) >= 11 is 0. The minimum atomic E-state index is -0.485. The molecule has 2 aromatic carbocycles. The zero-order valence-corrected chi connectivity index (χ0v) is 10.2. The second kappa shape index (κ2) is 5.57. The number of carbonyl (C=O) groups excluding carboxylic acids is 2. The summed E-state index contributed by atoms with van der Waals surface area (Å²) in [4.78, 5) is 27.7. The van der Waals surface area contributed by atoms with E-state index in [1.165, 1.54) is 12.7 Å². The van der Waals surface area contributed by atoms with Crippen molar-refractivity contribution in [1.82, 2.24) is 10.7 Å². The van der Waals surface area contributed by atoms with E-state index in [2.05, 4.69) is 4.94 Å². The maximum absolute atomic E-state index is 12.2. The van der Waals surface area contributed by atoms with Crippen LogP contribution >= 0.6 is 0 Å². The molecule has 0 radical (unpaired) electrons. The molecular formula is C13H12N2O4. The van der Waals surface area contributed by atoms with E-state index >= 15 is 0 Å². The maximum atomic E-state index is 12.2. The first-order valence-corrected chi connectivity index (χ1v) is 5.50. The third kappa shape index (κ3) is 2.45. The topological polar surface area (TPSA) is 78.9 Å². The number of hydrogen-bond donors (Lipinski definition) is 2. The smallest absolute Gasteiger partial charge is 0.279 e. The van der Waals surface area contributed by atoms with Gasteiger partial charge in [-0.25, -0.2) is 0 Å². The standard InChI is InChI=1S/C13H12N2O4/c1-15(19-14-18)13(17)11-7-3-5-9-4-2-6-10(8-16)12(9)11/h2-8,14,18H,1H3. The van der Waals surface area contributed by atoms with Gasteiger partial charge in [0.05, 0.1) is 5.56 Å². The number of carbonyl (C=O) groups is 2. The fourth-order valence-electron chi connectivity index (χ4n) is 1.92. The lowest BCUT2D eigenvalue weighted by atomic mass is 9.99. The SMILES string of the molecule is CN(ONO)C(=O)c1cccc2cccc(C=O)c12. The molecular weight excluding hydrogens is 248 g/mol. The lowest BCUT2D eigenvalue weighted by Gasteiger charge is -2.16. The molecule has 0 unspecified atom stereocenters. The van der Waals surface area contributed by atoms with Crippen LogP contribution in [0.2, 0.25) is 0 Å². The highest BCUT2D eigenvalue weighted by atomic mass is 16.9. The van der Waals surface area contributed by atoms with Crippen molar-refractivity contribution in [3.05, 3.63) is 47.5 Å². The first kappa shape index (κ1) is 13.2. The minimum Gasteiger partial charge on any atom is -0.298 e. The van der Waals surface area contributed by atoms with Crippen molar-refractivity contribution >= 4 is 23.0 Å². The van der Waals surface area contributed by atoms with Gasteiger partial charge in [0, 0.05) is 18.0 Å². The van der Waals surface area contributed by atoms with Crippen LogP contribution in [0.3, 0.4) is 0 Å². The molecule has 2 aromatic rings. The molecule has 0 atom stereocenters. The van der Waals surface area contributed by atoms with Crippen LogP contribution in [0.15, 0.2) is 36.4 Å². The molecule has 2 N–H and O–H groups in total. The molecule has 0 aliphatic carbocycles. The highest BCUT2D eigenvalue weighted by molar-refractivity contribution is 6.11. The molecule has 98 valence electrons. The number of aldehydes is 1. The summed E-state index contributed by atoms with van der Waals surface area (Å²) in [6.45, 7) is 0. The Kier molecular flexibility index (Phi) is 3.86. The van der Waals surface area contributed by atoms with Gasteiger partial charge in [0.25, 0.3) is 5.91 Å². The van der Waals surface area contributed by atoms with Gasteiger partial charge in [-0.1, -0.05) is 36.0 Å². The Morgan fingerprint density at radius 3 is 2.63 bits per heavy atom. The lowest BCUT2D eigenvalue weighted by Crippen LogP contribution is -2.32. The zero-order chi connectivity index (χ0) is 13.8. The van der Waals surface area contributed by atoms with Crippen LogP contribution in [-0.4, -0.2) is 29.5 Å². The summed E-state index contributed by atoms with van der Waals surface area (Å²) in [5, 5.41) is 10.6. The molecule has 0 saturated heterocycles. The van der Waals surface area contributed by atoms with E-state index < -0.39 is 5.91 Å². The molecule has 6 heteroatoms. The predicted octanol–water partition coefficient (Wildman–Crippen LogP) is 1.55. The Labute approximate surface area is 109 Å². The summed E-state index contributed by atoms with van der Waals surface area (Å²) in [5.41, 5.74) is 2.17. The largest absolute Gasteiger partial charge is 0.298 e. The minimum absolute atomic E-state index is 0.318. The van der Waals surface area contributed by atoms with Crippen molar-refractivity contribution in [3.8, 4) is 0 Å². The summed E-state index contributed by atoms with van der Waals surface area (Å²) in [6, 6.07) is 10.3. The zero-order valence-electron chi connectivity index (χ0n) is 10.2. The highest BCUT2D eigenvalue weighted by Crippen LogP contribution is 2.23. The highest BCUT2D eigenvalue weighted by Gasteiger charge is 2.17. The normalized spacial score (nSPS) is 10.4. The Morgan fingerprint density at radius 1 is 1.32 bits per heavy atom. The molecule has 0 aromatic heterocycles. The van der Waals surface area contributed by atoms with Crippen LogP contribution in [0.1, 0.15) is 20.7 Å². The van der Waals surface area contributed by atoms with Crippen LogP contribution < -0.4 is 5.64 Å². The van der Waals surface area contributed by atoms with Crippen LogP contribution in [0.4, 0.5) is 0 Å². The quantitative estimate of drug-likeness (QED) is 0.644. The number of amides is 1. The monoisotopic (exact) mass is 260 g/mol. The molecule has 19 heavy (non-hydrogen) atoms. The summed E-state index contributed by atoms with van der Waals surface area (Å²) in [6.07, 6.45) is 0.699. The fourth-order valence-corrected chi connectivity index (χ4v) is 1.92. The van der Waals surface area contributed by atoms with Gasteiger partial charge < -0.3 is 0 Å². The van der Waals surface area contributed by atoms with Crippen LogP contribution in [0, 0.1) is 0 Å². The van der Waals surface area contributed by atoms with Gasteiger partial charge >= 0.3 is 0 Å². The van der Waals surface area contributed by atoms with Crippen molar-refractivity contribution in [2.24, 2.45) is 0 Å². The Morgan fingerprint density at radius 2 is 2.00 bits per heavy atom. The molecule has 1 amide bonds. The number of hydroxylamine groups is 2. The molecule has 0 fully saturated rings. The van der Waals surface area contributed by atoms with Crippen LogP contribution in [-0.2, 0) is 4.94 Å². The molecule has 0 aliphatic rings. The van der Waals surface area contributed by atoms with E-state index in [0.717, 1.165) is 10.4 Å². The number of benzene rings is 2. The second-order valence-electron chi connectivity index (χ2n) is 3.85. The maximum Gasteiger partial charge on any atom is 0.279 e. The second-order valence-corrected chi connectivity index (χ2v) is 3.85. The number of nitrogens with zero attached hydrogens (tertiary/aromatic N) is 1. The Balaban J connectivity index is 2.60. The lowest BCUT2D eigenvalue weighted by molar-refractivity contribution is -0.250. The Bertz CT molecular complexity index is 622. The van der Waals surface area contributed by atoms with Crippen molar-refractivity contribution in [3.63, 3.8) is 0 Å². The van der Waals surface area contributed by atoms with Crippen molar-refractivity contribution in [1.29, 1.82) is 0 Å². The summed E-state index contributed by atoms with van der Waals surface area (Å²) < 4.78 is 0. The van der Waals surface area contributed by atoms with Gasteiger partial charge in [-0.2, -0.15) is 10.0 Å². The molecule has 0 heterocycles. The van der Waals surface area contributed by atoms with Gasteiger partial charge in [-0.15, -0.1) is 0 Å². The van der Waals surface area contributed by atoms with Gasteiger partial charge in [0.15, 0.2) is 6.29 Å². The molecule has 0 saturated carbocycles. The van der Waals surface area contributed by atoms with Gasteiger partial charge in [-0.3, -0.25) is 14.8 Å². The number of hydrogen-bond acceptors (Lipinski definition) is 5. The first-order valence-electron chi connectivity index (χ1n) is 5.50. The first-order chi connectivity index (χ1) is 9.19. The molecule has 0 aliphatic heterocycles. The Hall–Kier alpha value is -2.28. The predicted molar refractivity (Wildman–Crippen MR) is 67.4 cm³/mol. The van der Waals surface area contributed by atoms with E-state index in [4.69, 9.17) is 5.21 Å². The number of fused-ring (bicyclic) bond motifs is 1.